The number of carbonyl (C=O) groups excluding carboxylic acids is 1. The molecule has 6 nitrogen and oxygen atoms in total. The summed E-state index contributed by atoms with van der Waals surface area (Å²) in [5, 5.41) is 6.82. The lowest BCUT2D eigenvalue weighted by atomic mass is 9.93. The molecule has 0 aliphatic heterocycles. The van der Waals surface area contributed by atoms with Crippen molar-refractivity contribution in [2.75, 3.05) is 5.32 Å². The topological polar surface area (TPSA) is 77.2 Å². The number of aryl methyl sites for hydroxylation is 1. The van der Waals surface area contributed by atoms with E-state index < -0.39 is 0 Å². The molecule has 0 saturated heterocycles. The number of anilines is 1. The van der Waals surface area contributed by atoms with Gasteiger partial charge in [0.25, 0.3) is 0 Å². The quantitative estimate of drug-likeness (QED) is 0.684. The second-order valence-electron chi connectivity index (χ2n) is 6.76. The molecular formula is C21H21N3O3. The maximum Gasteiger partial charge on any atom is 0.232 e. The predicted molar refractivity (Wildman–Crippen MR) is 100 cm³/mol. The number of rotatable bonds is 7. The second-order valence-corrected chi connectivity index (χ2v) is 6.76. The number of carbonyl (C=O) groups is 1. The number of nitrogens with one attached hydrogen (secondary N) is 1. The fraction of sp³-hybridized carbons (Fsp3) is 0.286. The van der Waals surface area contributed by atoms with E-state index in [0.29, 0.717) is 23.4 Å². The van der Waals surface area contributed by atoms with Crippen molar-refractivity contribution < 1.29 is 14.1 Å². The smallest absolute Gasteiger partial charge is 0.232 e. The normalized spacial score (nSPS) is 14.6. The molecule has 1 atom stereocenters. The summed E-state index contributed by atoms with van der Waals surface area (Å²) in [6.07, 6.45) is 2.21. The molecule has 1 aromatic heterocycles. The van der Waals surface area contributed by atoms with E-state index in [-0.39, 0.29) is 18.4 Å². The molecule has 1 aliphatic carbocycles. The van der Waals surface area contributed by atoms with Gasteiger partial charge in [-0.15, -0.1) is 0 Å². The Labute approximate surface area is 157 Å². The summed E-state index contributed by atoms with van der Waals surface area (Å²) in [5.41, 5.74) is 1.83. The van der Waals surface area contributed by atoms with Crippen LogP contribution in [0.3, 0.4) is 0 Å². The Morgan fingerprint density at radius 1 is 1.19 bits per heavy atom. The van der Waals surface area contributed by atoms with Gasteiger partial charge in [-0.25, -0.2) is 0 Å². The molecule has 0 radical (unpaired) electrons. The Bertz CT molecular complexity index is 902. The summed E-state index contributed by atoms with van der Waals surface area (Å²) < 4.78 is 10.5. The van der Waals surface area contributed by atoms with E-state index >= 15 is 0 Å². The van der Waals surface area contributed by atoms with Crippen LogP contribution >= 0.6 is 0 Å². The average Bonchev–Trinajstić information content (AvgIpc) is 3.42. The molecule has 6 heteroatoms. The standard InChI is InChI=1S/C21H21N3O3/c1-14-22-19(24-27-14)13-26-18-11-9-17(10-12-18)23-21(25)20(16-7-8-16)15-5-3-2-4-6-15/h2-6,9-12,16,20H,7-8,13H2,1H3,(H,23,25). The first kappa shape index (κ1) is 17.3. The zero-order valence-corrected chi connectivity index (χ0v) is 15.1. The van der Waals surface area contributed by atoms with E-state index in [2.05, 4.69) is 15.5 Å². The Balaban J connectivity index is 1.38. The molecule has 27 heavy (non-hydrogen) atoms. The van der Waals surface area contributed by atoms with E-state index in [1.807, 2.05) is 54.6 Å². The Hall–Kier alpha value is -3.15. The van der Waals surface area contributed by atoms with Crippen molar-refractivity contribution in [1.29, 1.82) is 0 Å². The van der Waals surface area contributed by atoms with Gasteiger partial charge in [-0.2, -0.15) is 4.98 Å². The van der Waals surface area contributed by atoms with Gasteiger partial charge in [-0.3, -0.25) is 4.79 Å². The van der Waals surface area contributed by atoms with Crippen molar-refractivity contribution in [1.82, 2.24) is 10.1 Å². The summed E-state index contributed by atoms with van der Waals surface area (Å²) in [7, 11) is 0. The molecular weight excluding hydrogens is 342 g/mol. The summed E-state index contributed by atoms with van der Waals surface area (Å²) in [6, 6.07) is 17.3. The van der Waals surface area contributed by atoms with Crippen LogP contribution in [0.2, 0.25) is 0 Å². The minimum atomic E-state index is -0.0939. The summed E-state index contributed by atoms with van der Waals surface area (Å²) >= 11 is 0. The predicted octanol–water partition coefficient (Wildman–Crippen LogP) is 4.09. The van der Waals surface area contributed by atoms with Gasteiger partial charge in [0.05, 0.1) is 5.92 Å². The largest absolute Gasteiger partial charge is 0.485 e. The summed E-state index contributed by atoms with van der Waals surface area (Å²) in [5.74, 6) is 2.07. The van der Waals surface area contributed by atoms with Crippen molar-refractivity contribution >= 4 is 11.6 Å². The summed E-state index contributed by atoms with van der Waals surface area (Å²) in [4.78, 5) is 16.9. The van der Waals surface area contributed by atoms with Crippen LogP contribution in [0.25, 0.3) is 0 Å². The molecule has 1 saturated carbocycles. The van der Waals surface area contributed by atoms with Gasteiger partial charge in [-0.1, -0.05) is 35.5 Å². The Morgan fingerprint density at radius 2 is 1.93 bits per heavy atom. The number of ether oxygens (including phenoxy) is 1. The maximum absolute atomic E-state index is 12.8. The van der Waals surface area contributed by atoms with E-state index in [1.165, 1.54) is 0 Å². The fourth-order valence-electron chi connectivity index (χ4n) is 3.13. The average molecular weight is 363 g/mol. The van der Waals surface area contributed by atoms with Crippen molar-refractivity contribution in [2.45, 2.75) is 32.3 Å². The molecule has 1 heterocycles. The van der Waals surface area contributed by atoms with E-state index in [0.717, 1.165) is 24.1 Å². The van der Waals surface area contributed by atoms with Crippen molar-refractivity contribution in [3.63, 3.8) is 0 Å². The highest BCUT2D eigenvalue weighted by atomic mass is 16.5. The molecule has 1 unspecified atom stereocenters. The van der Waals surface area contributed by atoms with Crippen LogP contribution < -0.4 is 10.1 Å². The molecule has 4 rings (SSSR count). The third-order valence-electron chi connectivity index (χ3n) is 4.59. The molecule has 1 aliphatic rings. The third-order valence-corrected chi connectivity index (χ3v) is 4.59. The van der Waals surface area contributed by atoms with E-state index in [4.69, 9.17) is 9.26 Å². The monoisotopic (exact) mass is 363 g/mol. The van der Waals surface area contributed by atoms with Crippen LogP contribution in [-0.4, -0.2) is 16.0 Å². The molecule has 138 valence electrons. The highest BCUT2D eigenvalue weighted by Gasteiger charge is 2.37. The maximum atomic E-state index is 12.8. The van der Waals surface area contributed by atoms with Crippen molar-refractivity contribution in [2.24, 2.45) is 5.92 Å². The minimum Gasteiger partial charge on any atom is -0.485 e. The summed E-state index contributed by atoms with van der Waals surface area (Å²) in [6.45, 7) is 1.97. The first-order valence-electron chi connectivity index (χ1n) is 9.07. The number of benzene rings is 2. The lowest BCUT2D eigenvalue weighted by molar-refractivity contribution is -0.118. The highest BCUT2D eigenvalue weighted by Crippen LogP contribution is 2.43. The number of aromatic nitrogens is 2. The lowest BCUT2D eigenvalue weighted by Crippen LogP contribution is -2.22. The molecule has 2 aromatic carbocycles. The Morgan fingerprint density at radius 3 is 2.56 bits per heavy atom. The highest BCUT2D eigenvalue weighted by molar-refractivity contribution is 5.96. The van der Waals surface area contributed by atoms with Gasteiger partial charge in [0.15, 0.2) is 6.61 Å². The van der Waals surface area contributed by atoms with Crippen LogP contribution in [0.4, 0.5) is 5.69 Å². The van der Waals surface area contributed by atoms with E-state index in [1.54, 1.807) is 6.92 Å². The second kappa shape index (κ2) is 7.61. The Kier molecular flexibility index (Phi) is 4.87. The molecule has 1 amide bonds. The van der Waals surface area contributed by atoms with Crippen LogP contribution in [0, 0.1) is 12.8 Å². The fourth-order valence-corrected chi connectivity index (χ4v) is 3.13. The first-order chi connectivity index (χ1) is 13.2. The van der Waals surface area contributed by atoms with Gasteiger partial charge < -0.3 is 14.6 Å². The number of hydrogen-bond acceptors (Lipinski definition) is 5. The van der Waals surface area contributed by atoms with Gasteiger partial charge >= 0.3 is 0 Å². The molecule has 0 spiro atoms. The minimum absolute atomic E-state index is 0.0413. The van der Waals surface area contributed by atoms with Crippen LogP contribution in [0.15, 0.2) is 59.1 Å². The molecule has 3 aromatic rings. The number of hydrogen-bond donors (Lipinski definition) is 1. The van der Waals surface area contributed by atoms with Crippen LogP contribution in [-0.2, 0) is 11.4 Å². The van der Waals surface area contributed by atoms with Gasteiger partial charge in [-0.05, 0) is 48.6 Å². The zero-order chi connectivity index (χ0) is 18.6. The van der Waals surface area contributed by atoms with Crippen LogP contribution in [0.1, 0.15) is 36.0 Å². The van der Waals surface area contributed by atoms with Gasteiger partial charge in [0.1, 0.15) is 5.75 Å². The van der Waals surface area contributed by atoms with Crippen molar-refractivity contribution in [3.8, 4) is 5.75 Å². The molecule has 1 fully saturated rings. The number of amides is 1. The van der Waals surface area contributed by atoms with Crippen LogP contribution in [0.5, 0.6) is 5.75 Å². The third kappa shape index (κ3) is 4.34. The first-order valence-corrected chi connectivity index (χ1v) is 9.07. The number of nitrogens with zero attached hydrogens (tertiary/aromatic N) is 2. The van der Waals surface area contributed by atoms with Gasteiger partial charge in [0.2, 0.25) is 17.6 Å². The van der Waals surface area contributed by atoms with E-state index in [9.17, 15) is 4.79 Å². The SMILES string of the molecule is Cc1nc(COc2ccc(NC(=O)C(c3ccccc3)C3CC3)cc2)no1. The van der Waals surface area contributed by atoms with Crippen molar-refractivity contribution in [3.05, 3.63) is 71.9 Å². The zero-order valence-electron chi connectivity index (χ0n) is 15.1. The lowest BCUT2D eigenvalue weighted by Gasteiger charge is -2.17. The molecule has 1 N–H and O–H groups in total. The van der Waals surface area contributed by atoms with Gasteiger partial charge in [0, 0.05) is 12.6 Å². The molecule has 0 bridgehead atoms.